The fraction of sp³-hybridized carbons (Fsp3) is 0.500. The summed E-state index contributed by atoms with van der Waals surface area (Å²) in [5.74, 6) is 0.519. The van der Waals surface area contributed by atoms with E-state index in [9.17, 15) is 9.59 Å². The van der Waals surface area contributed by atoms with Gasteiger partial charge in [0.25, 0.3) is 5.91 Å². The molecule has 0 bridgehead atoms. The standard InChI is InChI=1S/C14H16ClN3O2/c1-8-4-11(8)18-7-10(5-13(18)19)17-14(20)9-2-3-12(15)16-6-9/h2-3,6,8,10-11H,4-5,7H2,1H3,(H,17,20). The highest BCUT2D eigenvalue weighted by molar-refractivity contribution is 6.29. The molecule has 1 aliphatic heterocycles. The molecule has 2 heterocycles. The van der Waals surface area contributed by atoms with E-state index in [1.807, 2.05) is 4.90 Å². The molecule has 6 heteroatoms. The average Bonchev–Trinajstić information content (AvgIpc) is 3.01. The van der Waals surface area contributed by atoms with Crippen molar-refractivity contribution in [3.8, 4) is 0 Å². The Labute approximate surface area is 122 Å². The van der Waals surface area contributed by atoms with Crippen LogP contribution in [0.3, 0.4) is 0 Å². The highest BCUT2D eigenvalue weighted by Gasteiger charge is 2.44. The van der Waals surface area contributed by atoms with Crippen LogP contribution in [0.25, 0.3) is 0 Å². The van der Waals surface area contributed by atoms with Crippen LogP contribution in [0, 0.1) is 5.92 Å². The maximum atomic E-state index is 12.1. The zero-order chi connectivity index (χ0) is 14.3. The highest BCUT2D eigenvalue weighted by atomic mass is 35.5. The Morgan fingerprint density at radius 3 is 2.85 bits per heavy atom. The summed E-state index contributed by atoms with van der Waals surface area (Å²) in [7, 11) is 0. The van der Waals surface area contributed by atoms with Crippen molar-refractivity contribution in [1.82, 2.24) is 15.2 Å². The van der Waals surface area contributed by atoms with Crippen molar-refractivity contribution in [3.63, 3.8) is 0 Å². The van der Waals surface area contributed by atoms with Crippen LogP contribution in [0.5, 0.6) is 0 Å². The van der Waals surface area contributed by atoms with E-state index in [0.29, 0.717) is 35.6 Å². The number of carbonyl (C=O) groups excluding carboxylic acids is 2. The lowest BCUT2D eigenvalue weighted by Crippen LogP contribution is -2.37. The number of hydrogen-bond acceptors (Lipinski definition) is 3. The monoisotopic (exact) mass is 293 g/mol. The molecule has 0 aromatic carbocycles. The van der Waals surface area contributed by atoms with Gasteiger partial charge in [-0.05, 0) is 24.5 Å². The van der Waals surface area contributed by atoms with E-state index < -0.39 is 0 Å². The molecule has 1 aromatic rings. The first-order chi connectivity index (χ1) is 9.54. The Morgan fingerprint density at radius 2 is 2.25 bits per heavy atom. The number of aromatic nitrogens is 1. The Bertz CT molecular complexity index is 546. The molecule has 3 unspecified atom stereocenters. The molecule has 2 aliphatic rings. The molecule has 1 aliphatic carbocycles. The van der Waals surface area contributed by atoms with Crippen LogP contribution in [0.15, 0.2) is 18.3 Å². The van der Waals surface area contributed by atoms with Crippen molar-refractivity contribution in [2.45, 2.75) is 31.8 Å². The number of carbonyl (C=O) groups is 2. The number of nitrogens with one attached hydrogen (secondary N) is 1. The lowest BCUT2D eigenvalue weighted by atomic mass is 10.2. The predicted octanol–water partition coefficient (Wildman–Crippen LogP) is 1.47. The molecule has 1 saturated heterocycles. The fourth-order valence-corrected chi connectivity index (χ4v) is 2.78. The van der Waals surface area contributed by atoms with Crippen molar-refractivity contribution >= 4 is 23.4 Å². The molecule has 3 rings (SSSR count). The van der Waals surface area contributed by atoms with Crippen molar-refractivity contribution in [3.05, 3.63) is 29.0 Å². The molecule has 20 heavy (non-hydrogen) atoms. The second-order valence-corrected chi connectivity index (χ2v) is 5.96. The van der Waals surface area contributed by atoms with E-state index >= 15 is 0 Å². The SMILES string of the molecule is CC1CC1N1CC(NC(=O)c2ccc(Cl)nc2)CC1=O. The van der Waals surface area contributed by atoms with Crippen molar-refractivity contribution in [2.24, 2.45) is 5.92 Å². The Kier molecular flexibility index (Phi) is 3.38. The van der Waals surface area contributed by atoms with Gasteiger partial charge in [0.1, 0.15) is 5.15 Å². The summed E-state index contributed by atoms with van der Waals surface area (Å²) in [5, 5.41) is 3.24. The van der Waals surface area contributed by atoms with E-state index in [1.54, 1.807) is 12.1 Å². The van der Waals surface area contributed by atoms with Gasteiger partial charge >= 0.3 is 0 Å². The molecule has 2 fully saturated rings. The summed E-state index contributed by atoms with van der Waals surface area (Å²) in [6.07, 6.45) is 2.90. The van der Waals surface area contributed by atoms with E-state index in [-0.39, 0.29) is 17.9 Å². The van der Waals surface area contributed by atoms with Gasteiger partial charge in [-0.1, -0.05) is 18.5 Å². The van der Waals surface area contributed by atoms with Crippen LogP contribution in [0.2, 0.25) is 5.15 Å². The van der Waals surface area contributed by atoms with E-state index in [4.69, 9.17) is 11.6 Å². The van der Waals surface area contributed by atoms with Crippen LogP contribution < -0.4 is 5.32 Å². The van der Waals surface area contributed by atoms with Gasteiger partial charge < -0.3 is 10.2 Å². The Morgan fingerprint density at radius 1 is 1.50 bits per heavy atom. The van der Waals surface area contributed by atoms with Gasteiger partial charge in [0.2, 0.25) is 5.91 Å². The Hall–Kier alpha value is -1.62. The third-order valence-electron chi connectivity index (χ3n) is 3.95. The van der Waals surface area contributed by atoms with Gasteiger partial charge in [0, 0.05) is 25.2 Å². The third-order valence-corrected chi connectivity index (χ3v) is 4.17. The molecular formula is C14H16ClN3O2. The second-order valence-electron chi connectivity index (χ2n) is 5.57. The molecule has 1 N–H and O–H groups in total. The van der Waals surface area contributed by atoms with Crippen LogP contribution in [-0.2, 0) is 4.79 Å². The van der Waals surface area contributed by atoms with E-state index in [1.165, 1.54) is 6.20 Å². The summed E-state index contributed by atoms with van der Waals surface area (Å²) in [6, 6.07) is 3.47. The first-order valence-corrected chi connectivity index (χ1v) is 7.14. The predicted molar refractivity (Wildman–Crippen MR) is 74.4 cm³/mol. The zero-order valence-corrected chi connectivity index (χ0v) is 11.9. The maximum Gasteiger partial charge on any atom is 0.253 e. The smallest absolute Gasteiger partial charge is 0.253 e. The lowest BCUT2D eigenvalue weighted by molar-refractivity contribution is -0.128. The lowest BCUT2D eigenvalue weighted by Gasteiger charge is -2.16. The number of amides is 2. The van der Waals surface area contributed by atoms with Crippen molar-refractivity contribution in [1.29, 1.82) is 0 Å². The maximum absolute atomic E-state index is 12.1. The number of nitrogens with zero attached hydrogens (tertiary/aromatic N) is 2. The zero-order valence-electron chi connectivity index (χ0n) is 11.2. The molecular weight excluding hydrogens is 278 g/mol. The fourth-order valence-electron chi connectivity index (χ4n) is 2.66. The normalized spacial score (nSPS) is 28.6. The summed E-state index contributed by atoms with van der Waals surface area (Å²) in [5.41, 5.74) is 0.458. The number of likely N-dealkylation sites (tertiary alicyclic amines) is 1. The molecule has 2 amide bonds. The molecule has 0 spiro atoms. The van der Waals surface area contributed by atoms with E-state index in [0.717, 1.165) is 6.42 Å². The molecule has 3 atom stereocenters. The average molecular weight is 294 g/mol. The summed E-state index contributed by atoms with van der Waals surface area (Å²) < 4.78 is 0. The summed E-state index contributed by atoms with van der Waals surface area (Å²) >= 11 is 5.69. The number of halogens is 1. The van der Waals surface area contributed by atoms with Crippen LogP contribution >= 0.6 is 11.6 Å². The number of rotatable bonds is 3. The third kappa shape index (κ3) is 2.63. The first-order valence-electron chi connectivity index (χ1n) is 6.76. The largest absolute Gasteiger partial charge is 0.347 e. The van der Waals surface area contributed by atoms with Crippen LogP contribution in [-0.4, -0.2) is 40.3 Å². The van der Waals surface area contributed by atoms with Crippen LogP contribution in [0.4, 0.5) is 0 Å². The molecule has 1 aromatic heterocycles. The topological polar surface area (TPSA) is 62.3 Å². The quantitative estimate of drug-likeness (QED) is 0.859. The highest BCUT2D eigenvalue weighted by Crippen LogP contribution is 2.37. The van der Waals surface area contributed by atoms with Crippen LogP contribution in [0.1, 0.15) is 30.1 Å². The summed E-state index contributed by atoms with van der Waals surface area (Å²) in [4.78, 5) is 29.7. The van der Waals surface area contributed by atoms with Gasteiger partial charge in [-0.2, -0.15) is 0 Å². The summed E-state index contributed by atoms with van der Waals surface area (Å²) in [6.45, 7) is 2.75. The molecule has 0 radical (unpaired) electrons. The minimum atomic E-state index is -0.210. The molecule has 5 nitrogen and oxygen atoms in total. The number of pyridine rings is 1. The van der Waals surface area contributed by atoms with Gasteiger partial charge in [-0.15, -0.1) is 0 Å². The minimum Gasteiger partial charge on any atom is -0.347 e. The van der Waals surface area contributed by atoms with Gasteiger partial charge in [0.05, 0.1) is 11.6 Å². The minimum absolute atomic E-state index is 0.113. The van der Waals surface area contributed by atoms with Gasteiger partial charge in [0.15, 0.2) is 0 Å². The molecule has 1 saturated carbocycles. The van der Waals surface area contributed by atoms with Crippen molar-refractivity contribution in [2.75, 3.05) is 6.54 Å². The van der Waals surface area contributed by atoms with Crippen molar-refractivity contribution < 1.29 is 9.59 Å². The number of hydrogen-bond donors (Lipinski definition) is 1. The van der Waals surface area contributed by atoms with Gasteiger partial charge in [-0.3, -0.25) is 9.59 Å². The Balaban J connectivity index is 1.60. The second kappa shape index (κ2) is 5.05. The van der Waals surface area contributed by atoms with E-state index in [2.05, 4.69) is 17.2 Å². The first kappa shape index (κ1) is 13.4. The van der Waals surface area contributed by atoms with Gasteiger partial charge in [-0.25, -0.2) is 4.98 Å². The molecule has 106 valence electrons.